The third-order valence-electron chi connectivity index (χ3n) is 4.21. The molecule has 4 atom stereocenters. The predicted octanol–water partition coefficient (Wildman–Crippen LogP) is 1.25. The summed E-state index contributed by atoms with van der Waals surface area (Å²) in [7, 11) is -3.70. The highest BCUT2D eigenvalue weighted by Crippen LogP contribution is 2.37. The summed E-state index contributed by atoms with van der Waals surface area (Å²) in [5.41, 5.74) is 1.000. The molecule has 2 heterocycles. The van der Waals surface area contributed by atoms with E-state index in [0.717, 1.165) is 12.0 Å². The van der Waals surface area contributed by atoms with E-state index in [1.165, 1.54) is 4.31 Å². The van der Waals surface area contributed by atoms with Crippen LogP contribution in [0.3, 0.4) is 0 Å². The number of morpholine rings is 1. The lowest BCUT2D eigenvalue weighted by molar-refractivity contribution is -0.147. The van der Waals surface area contributed by atoms with Crippen molar-refractivity contribution in [1.82, 2.24) is 4.31 Å². The van der Waals surface area contributed by atoms with Crippen LogP contribution < -0.4 is 0 Å². The summed E-state index contributed by atoms with van der Waals surface area (Å²) in [4.78, 5) is 0.218. The van der Waals surface area contributed by atoms with Crippen molar-refractivity contribution in [3.63, 3.8) is 0 Å². The Morgan fingerprint density at radius 1 is 1.20 bits per heavy atom. The second-order valence-corrected chi connectivity index (χ2v) is 7.44. The second kappa shape index (κ2) is 4.80. The monoisotopic (exact) mass is 297 g/mol. The Labute approximate surface area is 119 Å². The summed E-state index contributed by atoms with van der Waals surface area (Å²) >= 11 is 0. The molecule has 2 aliphatic heterocycles. The molecule has 20 heavy (non-hydrogen) atoms. The first kappa shape index (κ1) is 14.0. The molecule has 3 rings (SSSR count). The minimum atomic E-state index is -3.70. The number of sulfonamides is 1. The van der Waals surface area contributed by atoms with Gasteiger partial charge in [-0.2, -0.15) is 4.31 Å². The zero-order valence-electron chi connectivity index (χ0n) is 11.6. The van der Waals surface area contributed by atoms with E-state index >= 15 is 0 Å². The molecule has 0 radical (unpaired) electrons. The van der Waals surface area contributed by atoms with Gasteiger partial charge in [0.1, 0.15) is 6.23 Å². The number of fused-ring (bicyclic) bond motifs is 2. The maximum atomic E-state index is 12.7. The molecule has 110 valence electrons. The van der Waals surface area contributed by atoms with Crippen molar-refractivity contribution in [2.45, 2.75) is 56.1 Å². The van der Waals surface area contributed by atoms with Crippen LogP contribution in [0.2, 0.25) is 0 Å². The lowest BCUT2D eigenvalue weighted by Crippen LogP contribution is -2.58. The molecule has 0 aromatic heterocycles. The Balaban J connectivity index is 2.00. The van der Waals surface area contributed by atoms with Gasteiger partial charge in [0.25, 0.3) is 0 Å². The van der Waals surface area contributed by atoms with E-state index in [1.807, 2.05) is 6.92 Å². The number of nitrogens with zero attached hydrogens (tertiary/aromatic N) is 1. The molecule has 0 saturated carbocycles. The molecule has 2 fully saturated rings. The number of rotatable bonds is 2. The van der Waals surface area contributed by atoms with Crippen molar-refractivity contribution >= 4 is 10.0 Å². The Kier molecular flexibility index (Phi) is 3.36. The number of benzene rings is 1. The summed E-state index contributed by atoms with van der Waals surface area (Å²) < 4.78 is 32.4. The van der Waals surface area contributed by atoms with E-state index in [1.54, 1.807) is 31.2 Å². The lowest BCUT2D eigenvalue weighted by Gasteiger charge is -2.40. The smallest absolute Gasteiger partial charge is 0.245 e. The fraction of sp³-hybridized carbons (Fsp3) is 0.571. The Hall–Kier alpha value is -0.950. The standard InChI is InChI=1S/C14H19NO4S/c1-9-3-5-11(6-4-9)20(17,18)15-10(2)12-7-8-13(19-12)14(15)16/h3-6,10,12-14,16H,7-8H2,1-2H3/t10-,12-,13+,14+/m0/s1. The molecule has 0 aliphatic carbocycles. The zero-order valence-corrected chi connectivity index (χ0v) is 12.4. The molecule has 2 aliphatic rings. The molecular weight excluding hydrogens is 278 g/mol. The molecule has 2 saturated heterocycles. The van der Waals surface area contributed by atoms with E-state index in [-0.39, 0.29) is 17.0 Å². The van der Waals surface area contributed by atoms with Crippen molar-refractivity contribution in [2.24, 2.45) is 0 Å². The molecule has 0 unspecified atom stereocenters. The van der Waals surface area contributed by atoms with Crippen LogP contribution in [0.15, 0.2) is 29.2 Å². The number of aryl methyl sites for hydroxylation is 1. The fourth-order valence-corrected chi connectivity index (χ4v) is 4.74. The van der Waals surface area contributed by atoms with Crippen molar-refractivity contribution in [3.8, 4) is 0 Å². The van der Waals surface area contributed by atoms with Gasteiger partial charge in [-0.3, -0.25) is 0 Å². The molecular formula is C14H19NO4S. The van der Waals surface area contributed by atoms with Crippen LogP contribution in [0.4, 0.5) is 0 Å². The Morgan fingerprint density at radius 2 is 1.80 bits per heavy atom. The van der Waals surface area contributed by atoms with Crippen LogP contribution in [-0.4, -0.2) is 42.3 Å². The first-order valence-corrected chi connectivity index (χ1v) is 8.29. The molecule has 0 spiro atoms. The number of aliphatic hydroxyl groups excluding tert-OH is 1. The highest BCUT2D eigenvalue weighted by Gasteiger charge is 2.50. The van der Waals surface area contributed by atoms with Crippen LogP contribution in [0.5, 0.6) is 0 Å². The summed E-state index contributed by atoms with van der Waals surface area (Å²) in [5, 5.41) is 10.3. The van der Waals surface area contributed by atoms with Crippen LogP contribution in [-0.2, 0) is 14.8 Å². The van der Waals surface area contributed by atoms with Crippen LogP contribution >= 0.6 is 0 Å². The fourth-order valence-electron chi connectivity index (χ4n) is 3.03. The van der Waals surface area contributed by atoms with Crippen LogP contribution in [0.1, 0.15) is 25.3 Å². The minimum absolute atomic E-state index is 0.122. The molecule has 1 aromatic rings. The van der Waals surface area contributed by atoms with E-state index in [2.05, 4.69) is 0 Å². The first-order valence-electron chi connectivity index (χ1n) is 6.85. The minimum Gasteiger partial charge on any atom is -0.375 e. The molecule has 1 N–H and O–H groups in total. The van der Waals surface area contributed by atoms with Gasteiger partial charge in [0, 0.05) is 0 Å². The van der Waals surface area contributed by atoms with E-state index in [4.69, 9.17) is 4.74 Å². The Bertz CT molecular complexity index is 582. The molecule has 1 aromatic carbocycles. The van der Waals surface area contributed by atoms with Gasteiger partial charge in [0.15, 0.2) is 0 Å². The third-order valence-corrected chi connectivity index (χ3v) is 6.19. The number of hydrogen-bond acceptors (Lipinski definition) is 4. The van der Waals surface area contributed by atoms with E-state index < -0.39 is 22.4 Å². The number of hydrogen-bond donors (Lipinski definition) is 1. The van der Waals surface area contributed by atoms with Gasteiger partial charge in [0.2, 0.25) is 10.0 Å². The lowest BCUT2D eigenvalue weighted by atomic mass is 10.1. The van der Waals surface area contributed by atoms with Gasteiger partial charge >= 0.3 is 0 Å². The first-order chi connectivity index (χ1) is 9.41. The normalized spacial score (nSPS) is 34.4. The number of aliphatic hydroxyl groups is 1. The highest BCUT2D eigenvalue weighted by molar-refractivity contribution is 7.89. The zero-order chi connectivity index (χ0) is 14.5. The third kappa shape index (κ3) is 2.07. The van der Waals surface area contributed by atoms with E-state index in [0.29, 0.717) is 6.42 Å². The topological polar surface area (TPSA) is 66.8 Å². The van der Waals surface area contributed by atoms with Crippen molar-refractivity contribution in [3.05, 3.63) is 29.8 Å². The van der Waals surface area contributed by atoms with Gasteiger partial charge in [-0.25, -0.2) is 8.42 Å². The Morgan fingerprint density at radius 3 is 2.45 bits per heavy atom. The van der Waals surface area contributed by atoms with Crippen LogP contribution in [0, 0.1) is 6.92 Å². The maximum absolute atomic E-state index is 12.7. The van der Waals surface area contributed by atoms with Gasteiger partial charge < -0.3 is 9.84 Å². The summed E-state index contributed by atoms with van der Waals surface area (Å²) in [6, 6.07) is 6.34. The highest BCUT2D eigenvalue weighted by atomic mass is 32.2. The van der Waals surface area contributed by atoms with Gasteiger partial charge in [0.05, 0.1) is 23.1 Å². The van der Waals surface area contributed by atoms with Crippen molar-refractivity contribution in [2.75, 3.05) is 0 Å². The van der Waals surface area contributed by atoms with Gasteiger partial charge in [-0.05, 0) is 38.8 Å². The average molecular weight is 297 g/mol. The summed E-state index contributed by atoms with van der Waals surface area (Å²) in [6.07, 6.45) is -0.131. The number of ether oxygens (including phenoxy) is 1. The predicted molar refractivity (Wildman–Crippen MR) is 73.6 cm³/mol. The molecule has 2 bridgehead atoms. The average Bonchev–Trinajstić information content (AvgIpc) is 2.84. The van der Waals surface area contributed by atoms with Crippen molar-refractivity contribution in [1.29, 1.82) is 0 Å². The van der Waals surface area contributed by atoms with Gasteiger partial charge in [-0.15, -0.1) is 0 Å². The van der Waals surface area contributed by atoms with Crippen LogP contribution in [0.25, 0.3) is 0 Å². The van der Waals surface area contributed by atoms with E-state index in [9.17, 15) is 13.5 Å². The van der Waals surface area contributed by atoms with Crippen molar-refractivity contribution < 1.29 is 18.3 Å². The quantitative estimate of drug-likeness (QED) is 0.892. The molecule has 0 amide bonds. The second-order valence-electron chi connectivity index (χ2n) is 5.59. The summed E-state index contributed by atoms with van der Waals surface area (Å²) in [5.74, 6) is 0. The molecule has 5 nitrogen and oxygen atoms in total. The largest absolute Gasteiger partial charge is 0.375 e. The molecule has 6 heteroatoms. The van der Waals surface area contributed by atoms with Gasteiger partial charge in [-0.1, -0.05) is 17.7 Å². The summed E-state index contributed by atoms with van der Waals surface area (Å²) in [6.45, 7) is 3.70. The maximum Gasteiger partial charge on any atom is 0.245 e. The SMILES string of the molecule is Cc1ccc(S(=O)(=O)N2[C@H](O)[C@H]3CC[C@H](O3)[C@@H]2C)cc1.